The third kappa shape index (κ3) is 4.01. The lowest BCUT2D eigenvalue weighted by Crippen LogP contribution is -2.06. The first-order chi connectivity index (χ1) is 23.6. The summed E-state index contributed by atoms with van der Waals surface area (Å²) < 4.78 is 3.98. The summed E-state index contributed by atoms with van der Waals surface area (Å²) in [6.45, 7) is 0. The summed E-state index contributed by atoms with van der Waals surface area (Å²) in [5.74, 6) is 0. The average molecular weight is 611 g/mol. The van der Waals surface area contributed by atoms with Crippen LogP contribution in [0.5, 0.6) is 0 Å². The molecule has 3 aromatic heterocycles. The summed E-state index contributed by atoms with van der Waals surface area (Å²) in [6.07, 6.45) is 3.44. The molecule has 0 saturated carbocycles. The molecule has 0 unspecified atom stereocenters. The van der Waals surface area contributed by atoms with Crippen molar-refractivity contribution in [3.8, 4) is 52.8 Å². The quantitative estimate of drug-likeness (QED) is 0.197. The van der Waals surface area contributed by atoms with Crippen LogP contribution >= 0.6 is 0 Å². The number of fused-ring (bicyclic) bond motifs is 6. The van der Waals surface area contributed by atoms with Crippen molar-refractivity contribution in [1.29, 1.82) is 26.3 Å². The fourth-order valence-electron chi connectivity index (χ4n) is 6.69. The van der Waals surface area contributed by atoms with E-state index in [0.29, 0.717) is 50.3 Å². The Labute approximate surface area is 273 Å². The molecular weight excluding hydrogens is 592 g/mol. The molecule has 48 heavy (non-hydrogen) atoms. The molecule has 8 aromatic rings. The molecular formula is C40H18N8. The molecule has 0 aliphatic heterocycles. The van der Waals surface area contributed by atoms with E-state index in [1.807, 2.05) is 69.8 Å². The maximum absolute atomic E-state index is 10.4. The second-order valence-corrected chi connectivity index (χ2v) is 11.3. The average Bonchev–Trinajstić information content (AvgIpc) is 3.64. The van der Waals surface area contributed by atoms with Gasteiger partial charge >= 0.3 is 0 Å². The third-order valence-electron chi connectivity index (χ3n) is 8.76. The van der Waals surface area contributed by atoms with Crippen LogP contribution in [0.2, 0.25) is 0 Å². The van der Waals surface area contributed by atoms with Crippen LogP contribution < -0.4 is 0 Å². The summed E-state index contributed by atoms with van der Waals surface area (Å²) in [4.78, 5) is 4.75. The first kappa shape index (κ1) is 27.8. The summed E-state index contributed by atoms with van der Waals surface area (Å²) in [5.41, 5.74) is 7.73. The van der Waals surface area contributed by atoms with E-state index in [9.17, 15) is 26.3 Å². The predicted molar refractivity (Wildman–Crippen MR) is 182 cm³/mol. The van der Waals surface area contributed by atoms with Crippen LogP contribution in [0.3, 0.4) is 0 Å². The van der Waals surface area contributed by atoms with Crippen LogP contribution in [0.25, 0.3) is 66.1 Å². The van der Waals surface area contributed by atoms with Gasteiger partial charge in [0.05, 0.1) is 104 Å². The Kier molecular flexibility index (Phi) is 6.22. The van der Waals surface area contributed by atoms with Crippen molar-refractivity contribution < 1.29 is 0 Å². The van der Waals surface area contributed by atoms with Crippen LogP contribution in [-0.4, -0.2) is 14.1 Å². The van der Waals surface area contributed by atoms with E-state index in [0.717, 1.165) is 43.6 Å². The zero-order valence-corrected chi connectivity index (χ0v) is 25.0. The fourth-order valence-corrected chi connectivity index (χ4v) is 6.69. The number of benzene rings is 5. The largest absolute Gasteiger partial charge is 0.307 e. The van der Waals surface area contributed by atoms with Gasteiger partial charge in [0.15, 0.2) is 0 Å². The number of rotatable bonds is 3. The number of hydrogen-bond acceptors (Lipinski definition) is 6. The molecule has 0 N–H and O–H groups in total. The number of nitriles is 5. The minimum absolute atomic E-state index is 0.429. The third-order valence-corrected chi connectivity index (χ3v) is 8.76. The van der Waals surface area contributed by atoms with E-state index < -0.39 is 0 Å². The second kappa shape index (κ2) is 10.7. The SMILES string of the molecule is N#Cc1ccc2c3ccc(C#N)cc3n(-c3cncc(-n4c5cc(C#N)ccc5c5ccc(C#N)cc54)c3-c3ccccc3C#N)c2c1. The van der Waals surface area contributed by atoms with Crippen LogP contribution in [-0.2, 0) is 0 Å². The molecule has 0 bridgehead atoms. The van der Waals surface area contributed by atoms with Gasteiger partial charge in [-0.25, -0.2) is 0 Å². The molecule has 0 spiro atoms. The maximum atomic E-state index is 10.4. The summed E-state index contributed by atoms with van der Waals surface area (Å²) >= 11 is 0. The van der Waals surface area contributed by atoms with Gasteiger partial charge in [0.25, 0.3) is 0 Å². The molecule has 0 aliphatic rings. The topological polar surface area (TPSA) is 142 Å². The van der Waals surface area contributed by atoms with E-state index in [1.165, 1.54) is 0 Å². The summed E-state index contributed by atoms with van der Waals surface area (Å²) in [5, 5.41) is 53.4. The lowest BCUT2D eigenvalue weighted by molar-refractivity contribution is 1.09. The molecule has 0 amide bonds. The first-order valence-corrected chi connectivity index (χ1v) is 14.8. The summed E-state index contributed by atoms with van der Waals surface area (Å²) in [7, 11) is 0. The lowest BCUT2D eigenvalue weighted by Gasteiger charge is -2.20. The van der Waals surface area contributed by atoms with Gasteiger partial charge in [0.1, 0.15) is 0 Å². The van der Waals surface area contributed by atoms with Gasteiger partial charge in [-0.3, -0.25) is 4.98 Å². The fraction of sp³-hybridized carbons (Fsp3) is 0. The molecule has 8 rings (SSSR count). The highest BCUT2D eigenvalue weighted by Crippen LogP contribution is 2.42. The Morgan fingerprint density at radius 3 is 1.17 bits per heavy atom. The highest BCUT2D eigenvalue weighted by Gasteiger charge is 2.24. The second-order valence-electron chi connectivity index (χ2n) is 11.3. The minimum Gasteiger partial charge on any atom is -0.307 e. The van der Waals surface area contributed by atoms with Gasteiger partial charge in [-0.15, -0.1) is 0 Å². The molecule has 0 saturated heterocycles. The first-order valence-electron chi connectivity index (χ1n) is 14.8. The van der Waals surface area contributed by atoms with Crippen molar-refractivity contribution in [2.45, 2.75) is 0 Å². The molecule has 8 heteroatoms. The van der Waals surface area contributed by atoms with E-state index >= 15 is 0 Å². The van der Waals surface area contributed by atoms with Gasteiger partial charge in [0.2, 0.25) is 0 Å². The molecule has 0 radical (unpaired) electrons. The predicted octanol–water partition coefficient (Wildman–Crippen LogP) is 8.30. The van der Waals surface area contributed by atoms with Gasteiger partial charge in [-0.1, -0.05) is 42.5 Å². The zero-order valence-electron chi connectivity index (χ0n) is 25.0. The maximum Gasteiger partial charge on any atom is 0.0998 e. The van der Waals surface area contributed by atoms with Crippen LogP contribution in [0.1, 0.15) is 27.8 Å². The van der Waals surface area contributed by atoms with E-state index in [-0.39, 0.29) is 0 Å². The molecule has 3 heterocycles. The molecule has 0 fully saturated rings. The number of pyridine rings is 1. The van der Waals surface area contributed by atoms with Crippen molar-refractivity contribution >= 4 is 43.6 Å². The molecule has 0 atom stereocenters. The molecule has 218 valence electrons. The molecule has 5 aromatic carbocycles. The number of aromatic nitrogens is 3. The molecule has 0 aliphatic carbocycles. The Hall–Kier alpha value is -7.70. The minimum atomic E-state index is 0.429. The number of hydrogen-bond donors (Lipinski definition) is 0. The highest BCUT2D eigenvalue weighted by atomic mass is 15.0. The van der Waals surface area contributed by atoms with Gasteiger partial charge in [-0.05, 0) is 54.6 Å². The Balaban J connectivity index is 1.61. The Morgan fingerprint density at radius 1 is 0.438 bits per heavy atom. The van der Waals surface area contributed by atoms with Gasteiger partial charge < -0.3 is 9.13 Å². The van der Waals surface area contributed by atoms with Gasteiger partial charge in [-0.2, -0.15) is 26.3 Å². The van der Waals surface area contributed by atoms with Crippen LogP contribution in [0.4, 0.5) is 0 Å². The Morgan fingerprint density at radius 2 is 0.812 bits per heavy atom. The monoisotopic (exact) mass is 610 g/mol. The Bertz CT molecular complexity index is 2600. The smallest absolute Gasteiger partial charge is 0.0998 e. The zero-order chi connectivity index (χ0) is 32.9. The van der Waals surface area contributed by atoms with Crippen molar-refractivity contribution in [3.05, 3.63) is 137 Å². The van der Waals surface area contributed by atoms with Crippen LogP contribution in [0.15, 0.2) is 109 Å². The van der Waals surface area contributed by atoms with Crippen molar-refractivity contribution in [3.63, 3.8) is 0 Å². The van der Waals surface area contributed by atoms with Crippen molar-refractivity contribution in [1.82, 2.24) is 14.1 Å². The number of nitrogens with zero attached hydrogens (tertiary/aromatic N) is 8. The van der Waals surface area contributed by atoms with Crippen molar-refractivity contribution in [2.24, 2.45) is 0 Å². The van der Waals surface area contributed by atoms with Crippen LogP contribution in [0, 0.1) is 56.7 Å². The standard InChI is InChI=1S/C40H18N8/c41-17-24-5-9-30-31-10-6-25(18-42)14-35(31)47(34(30)13-24)38-22-46-23-39(40(38)29-4-2-1-3-28(29)21-45)48-36-15-26(19-43)7-11-32(36)33-12-8-27(20-44)16-37(33)48/h1-16,22-23H. The van der Waals surface area contributed by atoms with E-state index in [4.69, 9.17) is 4.98 Å². The lowest BCUT2D eigenvalue weighted by atomic mass is 9.97. The normalized spacial score (nSPS) is 10.8. The van der Waals surface area contributed by atoms with E-state index in [2.05, 4.69) is 30.3 Å². The van der Waals surface area contributed by atoms with E-state index in [1.54, 1.807) is 48.8 Å². The molecule has 8 nitrogen and oxygen atoms in total. The highest BCUT2D eigenvalue weighted by molar-refractivity contribution is 6.12. The van der Waals surface area contributed by atoms with Gasteiger partial charge in [0, 0.05) is 32.7 Å². The summed E-state index contributed by atoms with van der Waals surface area (Å²) in [6, 6.07) is 40.6. The van der Waals surface area contributed by atoms with Crippen molar-refractivity contribution in [2.75, 3.05) is 0 Å².